The molecule has 1 amide bonds. The summed E-state index contributed by atoms with van der Waals surface area (Å²) in [6, 6.07) is 8.85. The second-order valence-corrected chi connectivity index (χ2v) is 9.25. The molecule has 2 N–H and O–H groups in total. The number of anilines is 1. The van der Waals surface area contributed by atoms with Gasteiger partial charge in [-0.3, -0.25) is 9.20 Å². The molecule has 1 atom stereocenters. The number of carbonyl (C=O) groups excluding carboxylic acids is 1. The van der Waals surface area contributed by atoms with Gasteiger partial charge in [0.25, 0.3) is 5.91 Å². The van der Waals surface area contributed by atoms with Crippen LogP contribution < -0.4 is 10.6 Å². The normalized spacial score (nSPS) is 24.6. The summed E-state index contributed by atoms with van der Waals surface area (Å²) in [5.74, 6) is 0.484. The number of hydrogen-bond donors (Lipinski definition) is 2. The van der Waals surface area contributed by atoms with E-state index in [1.165, 1.54) is 10.7 Å². The molecule has 2 saturated carbocycles. The molecule has 0 unspecified atom stereocenters. The number of carbonyl (C=O) groups is 1. The van der Waals surface area contributed by atoms with E-state index in [2.05, 4.69) is 25.7 Å². The number of imidazole rings is 1. The first-order valence-electron chi connectivity index (χ1n) is 11.2. The number of hydrogen-bond acceptors (Lipinski definition) is 5. The SMILES string of the molecule is O=C(NC1CCC2(CC1)C[C@@H]2Nc1cccc2nc(C(F)(F)F)cn12)c1ccc2ncnn2c1. The fraction of sp³-hybridized carbons (Fsp3) is 0.391. The molecule has 0 bridgehead atoms. The van der Waals surface area contributed by atoms with E-state index in [0.717, 1.165) is 38.3 Å². The molecule has 1 spiro atoms. The smallest absolute Gasteiger partial charge is 0.368 e. The van der Waals surface area contributed by atoms with Crippen molar-refractivity contribution < 1.29 is 18.0 Å². The van der Waals surface area contributed by atoms with E-state index < -0.39 is 11.9 Å². The lowest BCUT2D eigenvalue weighted by Crippen LogP contribution is -2.39. The van der Waals surface area contributed by atoms with Crippen LogP contribution in [0.1, 0.15) is 48.2 Å². The summed E-state index contributed by atoms with van der Waals surface area (Å²) in [6.07, 6.45) is 4.27. The Balaban J connectivity index is 1.08. The molecule has 2 fully saturated rings. The van der Waals surface area contributed by atoms with Gasteiger partial charge >= 0.3 is 6.18 Å². The Bertz CT molecular complexity index is 1380. The summed E-state index contributed by atoms with van der Waals surface area (Å²) < 4.78 is 42.3. The summed E-state index contributed by atoms with van der Waals surface area (Å²) in [7, 11) is 0. The zero-order valence-electron chi connectivity index (χ0n) is 18.1. The molecule has 0 radical (unpaired) electrons. The zero-order chi connectivity index (χ0) is 23.5. The Morgan fingerprint density at radius 3 is 2.71 bits per heavy atom. The lowest BCUT2D eigenvalue weighted by atomic mass is 9.82. The van der Waals surface area contributed by atoms with Gasteiger partial charge in [-0.25, -0.2) is 14.5 Å². The first-order valence-corrected chi connectivity index (χ1v) is 11.2. The second kappa shape index (κ2) is 7.44. The highest BCUT2D eigenvalue weighted by Gasteiger charge is 2.55. The van der Waals surface area contributed by atoms with Gasteiger partial charge < -0.3 is 10.6 Å². The van der Waals surface area contributed by atoms with Crippen LogP contribution in [0.2, 0.25) is 0 Å². The minimum Gasteiger partial charge on any atom is -0.368 e. The van der Waals surface area contributed by atoms with Crippen LogP contribution >= 0.6 is 0 Å². The van der Waals surface area contributed by atoms with Crippen LogP contribution in [0.5, 0.6) is 0 Å². The number of nitrogens with one attached hydrogen (secondary N) is 2. The van der Waals surface area contributed by atoms with Gasteiger partial charge in [-0.05, 0) is 61.8 Å². The van der Waals surface area contributed by atoms with Crippen LogP contribution in [0.15, 0.2) is 49.1 Å². The van der Waals surface area contributed by atoms with Crippen molar-refractivity contribution in [3.63, 3.8) is 0 Å². The minimum atomic E-state index is -4.48. The number of rotatable bonds is 4. The molecule has 11 heteroatoms. The van der Waals surface area contributed by atoms with Gasteiger partial charge in [0.1, 0.15) is 17.8 Å². The molecular formula is C23H22F3N7O. The largest absolute Gasteiger partial charge is 0.434 e. The monoisotopic (exact) mass is 469 g/mol. The van der Waals surface area contributed by atoms with Crippen molar-refractivity contribution >= 4 is 23.0 Å². The third-order valence-corrected chi connectivity index (χ3v) is 7.15. The Morgan fingerprint density at radius 2 is 1.91 bits per heavy atom. The summed E-state index contributed by atoms with van der Waals surface area (Å²) in [5.41, 5.74) is 0.713. The van der Waals surface area contributed by atoms with Gasteiger partial charge in [0.2, 0.25) is 0 Å². The Kier molecular flexibility index (Phi) is 4.58. The lowest BCUT2D eigenvalue weighted by molar-refractivity contribution is -0.140. The van der Waals surface area contributed by atoms with Gasteiger partial charge in [0.15, 0.2) is 11.3 Å². The minimum absolute atomic E-state index is 0.0947. The molecule has 6 rings (SSSR count). The van der Waals surface area contributed by atoms with Crippen molar-refractivity contribution in [2.45, 2.75) is 50.4 Å². The van der Waals surface area contributed by atoms with E-state index in [9.17, 15) is 18.0 Å². The number of aromatic nitrogens is 5. The summed E-state index contributed by atoms with van der Waals surface area (Å²) in [6.45, 7) is 0. The van der Waals surface area contributed by atoms with E-state index in [0.29, 0.717) is 17.0 Å². The van der Waals surface area contributed by atoms with Gasteiger partial charge in [0.05, 0.1) is 5.56 Å². The quantitative estimate of drug-likeness (QED) is 0.473. The molecule has 4 aromatic heterocycles. The van der Waals surface area contributed by atoms with Crippen molar-refractivity contribution in [1.29, 1.82) is 0 Å². The molecule has 4 aromatic rings. The van der Waals surface area contributed by atoms with Crippen molar-refractivity contribution in [2.75, 3.05) is 5.32 Å². The van der Waals surface area contributed by atoms with Crippen molar-refractivity contribution in [2.24, 2.45) is 5.41 Å². The summed E-state index contributed by atoms with van der Waals surface area (Å²) >= 11 is 0. The Labute approximate surface area is 192 Å². The number of pyridine rings is 2. The highest BCUT2D eigenvalue weighted by molar-refractivity contribution is 5.94. The third kappa shape index (κ3) is 3.64. The second-order valence-electron chi connectivity index (χ2n) is 9.25. The predicted octanol–water partition coefficient (Wildman–Crippen LogP) is 3.94. The molecular weight excluding hydrogens is 447 g/mol. The fourth-order valence-electron chi connectivity index (χ4n) is 5.10. The van der Waals surface area contributed by atoms with Gasteiger partial charge in [-0.15, -0.1) is 0 Å². The van der Waals surface area contributed by atoms with Crippen LogP contribution in [-0.2, 0) is 6.18 Å². The maximum atomic E-state index is 13.1. The average molecular weight is 469 g/mol. The Morgan fingerprint density at radius 1 is 1.09 bits per heavy atom. The molecule has 2 aliphatic carbocycles. The van der Waals surface area contributed by atoms with E-state index in [-0.39, 0.29) is 29.1 Å². The van der Waals surface area contributed by atoms with Crippen LogP contribution in [0.4, 0.5) is 19.0 Å². The number of fused-ring (bicyclic) bond motifs is 2. The van der Waals surface area contributed by atoms with E-state index >= 15 is 0 Å². The molecule has 8 nitrogen and oxygen atoms in total. The highest BCUT2D eigenvalue weighted by atomic mass is 19.4. The fourth-order valence-corrected chi connectivity index (χ4v) is 5.10. The maximum absolute atomic E-state index is 13.1. The Hall–Kier alpha value is -3.63. The molecule has 176 valence electrons. The van der Waals surface area contributed by atoms with E-state index in [1.807, 2.05) is 0 Å². The number of alkyl halides is 3. The summed E-state index contributed by atoms with van der Waals surface area (Å²) in [4.78, 5) is 20.5. The van der Waals surface area contributed by atoms with Crippen molar-refractivity contribution in [1.82, 2.24) is 29.3 Å². The first-order chi connectivity index (χ1) is 16.3. The van der Waals surface area contributed by atoms with Crippen LogP contribution in [0, 0.1) is 5.41 Å². The van der Waals surface area contributed by atoms with E-state index in [1.54, 1.807) is 41.0 Å². The van der Waals surface area contributed by atoms with Crippen LogP contribution in [0.3, 0.4) is 0 Å². The third-order valence-electron chi connectivity index (χ3n) is 7.15. The summed E-state index contributed by atoms with van der Waals surface area (Å²) in [5, 5.41) is 10.6. The van der Waals surface area contributed by atoms with E-state index in [4.69, 9.17) is 0 Å². The average Bonchev–Trinajstić information content (AvgIpc) is 3.17. The molecule has 0 saturated heterocycles. The number of halogens is 3. The molecule has 2 aliphatic rings. The zero-order valence-corrected chi connectivity index (χ0v) is 18.1. The van der Waals surface area contributed by atoms with Gasteiger partial charge in [-0.2, -0.15) is 18.3 Å². The molecule has 34 heavy (non-hydrogen) atoms. The molecule has 0 aliphatic heterocycles. The van der Waals surface area contributed by atoms with Crippen LogP contribution in [0.25, 0.3) is 11.3 Å². The highest BCUT2D eigenvalue weighted by Crippen LogP contribution is 2.57. The molecule has 0 aromatic carbocycles. The first kappa shape index (κ1) is 20.9. The van der Waals surface area contributed by atoms with Gasteiger partial charge in [-0.1, -0.05) is 6.07 Å². The van der Waals surface area contributed by atoms with Crippen LogP contribution in [-0.4, -0.2) is 42.0 Å². The predicted molar refractivity (Wildman–Crippen MR) is 117 cm³/mol. The van der Waals surface area contributed by atoms with Gasteiger partial charge in [0, 0.05) is 24.5 Å². The number of amides is 1. The standard InChI is InChI=1S/C23H22F3N7O/c24-23(25,26)17-12-32-19(2-1-3-20(32)31-17)30-16-10-22(16)8-6-15(7-9-22)29-21(34)14-4-5-18-27-13-28-33(18)11-14/h1-5,11-13,15-16,30H,6-10H2,(H,29,34)/t15?,16-,22?/m0/s1. The van der Waals surface area contributed by atoms with Crippen molar-refractivity contribution in [3.05, 3.63) is 60.3 Å². The maximum Gasteiger partial charge on any atom is 0.434 e. The molecule has 4 heterocycles. The number of nitrogens with zero attached hydrogens (tertiary/aromatic N) is 5. The van der Waals surface area contributed by atoms with Crippen molar-refractivity contribution in [3.8, 4) is 0 Å². The lowest BCUT2D eigenvalue weighted by Gasteiger charge is -2.30. The topological polar surface area (TPSA) is 88.6 Å².